The van der Waals surface area contributed by atoms with Gasteiger partial charge < -0.3 is 27.9 Å². The number of carbonyl (C=O) groups excluding carboxylic acids is 2. The molecule has 0 saturated carbocycles. The SMILES string of the molecule is CC/C=C\C/C=C\C/C=C\C/C=C\C/C=C\C/C=C\C/C=C\C/C=C\C/C=C\C/C=C\CCCCCCCCC(=O)OC(COC(=O)CCCCCCCCCCCCCCCCCCCCCCCCCCCCCCCCCCC)COP(=O)([O-])OCC[N+](C)(C)C. The summed E-state index contributed by atoms with van der Waals surface area (Å²) in [5.41, 5.74) is 0. The molecule has 542 valence electrons. The van der Waals surface area contributed by atoms with Crippen molar-refractivity contribution in [1.82, 2.24) is 0 Å². The molecular weight excluding hydrogens is 1180 g/mol. The summed E-state index contributed by atoms with van der Waals surface area (Å²) >= 11 is 0. The van der Waals surface area contributed by atoms with Gasteiger partial charge >= 0.3 is 11.9 Å². The lowest BCUT2D eigenvalue weighted by atomic mass is 10.0. The van der Waals surface area contributed by atoms with Crippen LogP contribution in [0.25, 0.3) is 0 Å². The van der Waals surface area contributed by atoms with Gasteiger partial charge in [-0.15, -0.1) is 0 Å². The molecule has 10 heteroatoms. The van der Waals surface area contributed by atoms with E-state index in [1.54, 1.807) is 0 Å². The lowest BCUT2D eigenvalue weighted by molar-refractivity contribution is -0.870. The van der Waals surface area contributed by atoms with E-state index in [9.17, 15) is 19.0 Å². The number of hydrogen-bond acceptors (Lipinski definition) is 8. The Morgan fingerprint density at radius 2 is 0.606 bits per heavy atom. The largest absolute Gasteiger partial charge is 0.756 e. The molecule has 0 aliphatic carbocycles. The lowest BCUT2D eigenvalue weighted by Gasteiger charge is -2.28. The molecule has 2 unspecified atom stereocenters. The van der Waals surface area contributed by atoms with Crippen LogP contribution in [0.1, 0.15) is 348 Å². The van der Waals surface area contributed by atoms with E-state index in [-0.39, 0.29) is 32.0 Å². The Bertz CT molecular complexity index is 2010. The number of carbonyl (C=O) groups is 2. The third-order valence-electron chi connectivity index (χ3n) is 17.0. The van der Waals surface area contributed by atoms with E-state index in [2.05, 4.69) is 135 Å². The number of nitrogens with zero attached hydrogens (tertiary/aromatic N) is 1. The number of phosphoric acid groups is 1. The number of likely N-dealkylation sites (N-methyl/N-ethyl adjacent to an activating group) is 1. The fraction of sp³-hybridized carbons (Fsp3) is 0.738. The number of ether oxygens (including phenoxy) is 2. The van der Waals surface area contributed by atoms with Gasteiger partial charge in [-0.2, -0.15) is 0 Å². The Morgan fingerprint density at radius 1 is 0.340 bits per heavy atom. The first-order valence-corrected chi connectivity index (χ1v) is 40.7. The molecule has 0 amide bonds. The average Bonchev–Trinajstić information content (AvgIpc) is 1.56. The third kappa shape index (κ3) is 77.4. The standard InChI is InChI=1S/C84H148NO8P/c1-6-8-10-12-14-16-18-20-22-24-26-28-30-32-34-36-38-40-41-42-43-45-47-49-51-53-55-57-59-61-63-65-67-69-71-73-75-77-84(87)93-82(81-92-94(88,89)91-79-78-85(3,4)5)80-90-83(86)76-74-72-70-68-66-64-62-60-58-56-54-52-50-48-46-44-39-37-35-33-31-29-27-25-23-21-19-17-15-13-11-9-7-2/h8,10,14,16,20,22,26,28,32,34,38,40,42-43,47,49,53,55,59,61,82H,6-7,9,11-13,15,17-19,21,23-25,27,29-31,33,35-37,39,41,44-46,48,50-52,54,56-58,60,62-81H2,1-5H3/b10-8-,16-14-,22-20-,28-26-,34-32-,40-38-,43-42-,49-47-,55-53-,61-59-. The Hall–Kier alpha value is -3.59. The van der Waals surface area contributed by atoms with E-state index in [0.717, 1.165) is 122 Å². The second-order valence-corrected chi connectivity index (χ2v) is 28.8. The summed E-state index contributed by atoms with van der Waals surface area (Å²) in [6.07, 6.45) is 106. The fourth-order valence-corrected chi connectivity index (χ4v) is 11.8. The maximum absolute atomic E-state index is 12.9. The summed E-state index contributed by atoms with van der Waals surface area (Å²) < 4.78 is 34.4. The number of phosphoric ester groups is 1. The summed E-state index contributed by atoms with van der Waals surface area (Å²) in [6, 6.07) is 0. The Kier molecular flexibility index (Phi) is 70.8. The molecule has 9 nitrogen and oxygen atoms in total. The first kappa shape index (κ1) is 90.4. The smallest absolute Gasteiger partial charge is 0.306 e. The van der Waals surface area contributed by atoms with Gasteiger partial charge in [-0.3, -0.25) is 14.2 Å². The highest BCUT2D eigenvalue weighted by molar-refractivity contribution is 7.45. The molecule has 0 saturated heterocycles. The Labute approximate surface area is 581 Å². The molecule has 0 fully saturated rings. The number of hydrogen-bond donors (Lipinski definition) is 0. The highest BCUT2D eigenvalue weighted by Crippen LogP contribution is 2.38. The first-order chi connectivity index (χ1) is 46.0. The molecule has 0 aliphatic rings. The topological polar surface area (TPSA) is 111 Å². The van der Waals surface area contributed by atoms with Crippen LogP contribution in [0.3, 0.4) is 0 Å². The number of esters is 2. The zero-order valence-corrected chi connectivity index (χ0v) is 62.8. The van der Waals surface area contributed by atoms with Gasteiger partial charge in [-0.25, -0.2) is 0 Å². The summed E-state index contributed by atoms with van der Waals surface area (Å²) in [5, 5.41) is 0. The summed E-state index contributed by atoms with van der Waals surface area (Å²) in [6.45, 7) is 4.15. The number of unbranched alkanes of at least 4 members (excludes halogenated alkanes) is 38. The molecule has 94 heavy (non-hydrogen) atoms. The molecule has 0 aromatic heterocycles. The second-order valence-electron chi connectivity index (χ2n) is 27.4. The number of rotatable bonds is 72. The van der Waals surface area contributed by atoms with Crippen molar-refractivity contribution in [3.05, 3.63) is 122 Å². The minimum atomic E-state index is -4.66. The monoisotopic (exact) mass is 1330 g/mol. The zero-order valence-electron chi connectivity index (χ0n) is 61.9. The highest BCUT2D eigenvalue weighted by atomic mass is 31.2. The van der Waals surface area contributed by atoms with Gasteiger partial charge in [0.05, 0.1) is 27.7 Å². The van der Waals surface area contributed by atoms with Crippen molar-refractivity contribution in [3.63, 3.8) is 0 Å². The highest BCUT2D eigenvalue weighted by Gasteiger charge is 2.22. The predicted molar refractivity (Wildman–Crippen MR) is 406 cm³/mol. The lowest BCUT2D eigenvalue weighted by Crippen LogP contribution is -2.37. The van der Waals surface area contributed by atoms with Crippen molar-refractivity contribution in [2.75, 3.05) is 47.5 Å². The molecular formula is C84H148NO8P. The van der Waals surface area contributed by atoms with Crippen molar-refractivity contribution >= 4 is 19.8 Å². The Balaban J connectivity index is 4.05. The van der Waals surface area contributed by atoms with Crippen LogP contribution in [0.4, 0.5) is 0 Å². The molecule has 0 rings (SSSR count). The van der Waals surface area contributed by atoms with Gasteiger partial charge in [0, 0.05) is 12.8 Å². The molecule has 0 radical (unpaired) electrons. The van der Waals surface area contributed by atoms with Crippen LogP contribution >= 0.6 is 7.82 Å². The van der Waals surface area contributed by atoms with Crippen molar-refractivity contribution in [2.45, 2.75) is 354 Å². The van der Waals surface area contributed by atoms with Gasteiger partial charge in [-0.1, -0.05) is 367 Å². The molecule has 0 aromatic rings. The van der Waals surface area contributed by atoms with Crippen LogP contribution in [0, 0.1) is 0 Å². The van der Waals surface area contributed by atoms with Crippen LogP contribution in [0.2, 0.25) is 0 Å². The minimum absolute atomic E-state index is 0.0381. The Morgan fingerprint density at radius 3 is 0.904 bits per heavy atom. The molecule has 0 aromatic carbocycles. The maximum Gasteiger partial charge on any atom is 0.306 e. The fourth-order valence-electron chi connectivity index (χ4n) is 11.0. The van der Waals surface area contributed by atoms with Gasteiger partial charge in [-0.05, 0) is 89.9 Å². The van der Waals surface area contributed by atoms with Crippen LogP contribution in [-0.4, -0.2) is 70.0 Å². The quantitative estimate of drug-likeness (QED) is 0.0195. The summed E-state index contributed by atoms with van der Waals surface area (Å²) in [5.74, 6) is -0.843. The minimum Gasteiger partial charge on any atom is -0.756 e. The van der Waals surface area contributed by atoms with Crippen molar-refractivity contribution in [3.8, 4) is 0 Å². The van der Waals surface area contributed by atoms with E-state index < -0.39 is 26.5 Å². The van der Waals surface area contributed by atoms with Gasteiger partial charge in [0.1, 0.15) is 19.8 Å². The van der Waals surface area contributed by atoms with Crippen LogP contribution in [-0.2, 0) is 32.7 Å². The first-order valence-electron chi connectivity index (χ1n) is 39.2. The number of quaternary nitrogens is 1. The molecule has 0 N–H and O–H groups in total. The van der Waals surface area contributed by atoms with E-state index >= 15 is 0 Å². The molecule has 0 spiro atoms. The predicted octanol–water partition coefficient (Wildman–Crippen LogP) is 25.5. The van der Waals surface area contributed by atoms with Crippen LogP contribution < -0.4 is 4.89 Å². The third-order valence-corrected chi connectivity index (χ3v) is 18.0. The number of allylic oxidation sites excluding steroid dienone is 20. The van der Waals surface area contributed by atoms with Crippen LogP contribution in [0.5, 0.6) is 0 Å². The second kappa shape index (κ2) is 73.7. The van der Waals surface area contributed by atoms with E-state index in [1.807, 2.05) is 21.1 Å². The van der Waals surface area contributed by atoms with Crippen LogP contribution in [0.15, 0.2) is 122 Å². The van der Waals surface area contributed by atoms with Crippen molar-refractivity contribution < 1.29 is 42.1 Å². The molecule has 0 aliphatic heterocycles. The van der Waals surface area contributed by atoms with E-state index in [1.165, 1.54) is 193 Å². The zero-order chi connectivity index (χ0) is 68.3. The normalized spacial score (nSPS) is 13.7. The summed E-state index contributed by atoms with van der Waals surface area (Å²) in [4.78, 5) is 38.2. The molecule has 0 heterocycles. The van der Waals surface area contributed by atoms with Gasteiger partial charge in [0.2, 0.25) is 0 Å². The van der Waals surface area contributed by atoms with Crippen molar-refractivity contribution in [1.29, 1.82) is 0 Å². The van der Waals surface area contributed by atoms with E-state index in [0.29, 0.717) is 17.4 Å². The van der Waals surface area contributed by atoms with Gasteiger partial charge in [0.25, 0.3) is 7.82 Å². The average molecular weight is 1330 g/mol. The molecule has 2 atom stereocenters. The van der Waals surface area contributed by atoms with E-state index in [4.69, 9.17) is 18.5 Å². The van der Waals surface area contributed by atoms with Gasteiger partial charge in [0.15, 0.2) is 6.10 Å². The molecule has 0 bridgehead atoms. The van der Waals surface area contributed by atoms with Crippen molar-refractivity contribution in [2.24, 2.45) is 0 Å². The summed E-state index contributed by atoms with van der Waals surface area (Å²) in [7, 11) is 1.15. The maximum atomic E-state index is 12.9.